The first-order valence-electron chi connectivity index (χ1n) is 5.66. The van der Waals surface area contributed by atoms with E-state index < -0.39 is 9.84 Å². The molecule has 2 saturated heterocycles. The summed E-state index contributed by atoms with van der Waals surface area (Å²) < 4.78 is 24.7. The van der Waals surface area contributed by atoms with Crippen LogP contribution in [0, 0.1) is 0 Å². The highest BCUT2D eigenvalue weighted by atomic mass is 32.2. The standard InChI is InChI=1S/C10H20N2O2S/c1-11-7-3-5-9(11)15(13,14)10-6-4-8-12(10)2/h9-10H,3-8H2,1-2H3. The van der Waals surface area contributed by atoms with Crippen LogP contribution in [0.25, 0.3) is 0 Å². The highest BCUT2D eigenvalue weighted by molar-refractivity contribution is 7.92. The predicted octanol–water partition coefficient (Wildman–Crippen LogP) is 0.505. The van der Waals surface area contributed by atoms with Crippen LogP contribution in [0.5, 0.6) is 0 Å². The van der Waals surface area contributed by atoms with Crippen molar-refractivity contribution in [1.82, 2.24) is 9.80 Å². The quantitative estimate of drug-likeness (QED) is 0.695. The molecular weight excluding hydrogens is 212 g/mol. The van der Waals surface area contributed by atoms with Crippen molar-refractivity contribution in [3.63, 3.8) is 0 Å². The summed E-state index contributed by atoms with van der Waals surface area (Å²) in [4.78, 5) is 3.98. The van der Waals surface area contributed by atoms with Gasteiger partial charge in [-0.05, 0) is 52.9 Å². The Bertz CT molecular complexity index is 302. The van der Waals surface area contributed by atoms with Crippen molar-refractivity contribution in [2.24, 2.45) is 0 Å². The van der Waals surface area contributed by atoms with Crippen molar-refractivity contribution in [2.45, 2.75) is 36.4 Å². The van der Waals surface area contributed by atoms with Gasteiger partial charge in [-0.25, -0.2) is 8.42 Å². The maximum atomic E-state index is 12.4. The third kappa shape index (κ3) is 1.92. The molecule has 0 saturated carbocycles. The van der Waals surface area contributed by atoms with Crippen molar-refractivity contribution in [3.8, 4) is 0 Å². The molecule has 5 heteroatoms. The summed E-state index contributed by atoms with van der Waals surface area (Å²) >= 11 is 0. The molecular formula is C10H20N2O2S. The monoisotopic (exact) mass is 232 g/mol. The van der Waals surface area contributed by atoms with Crippen molar-refractivity contribution >= 4 is 9.84 Å². The lowest BCUT2D eigenvalue weighted by atomic mass is 10.4. The zero-order chi connectivity index (χ0) is 11.1. The maximum absolute atomic E-state index is 12.4. The van der Waals surface area contributed by atoms with Crippen LogP contribution in [0.3, 0.4) is 0 Å². The molecule has 2 aliphatic rings. The summed E-state index contributed by atoms with van der Waals surface area (Å²) in [6.07, 6.45) is 3.64. The normalized spacial score (nSPS) is 35.1. The average molecular weight is 232 g/mol. The molecule has 2 rings (SSSR count). The predicted molar refractivity (Wildman–Crippen MR) is 60.2 cm³/mol. The Morgan fingerprint density at radius 2 is 1.33 bits per heavy atom. The van der Waals surface area contributed by atoms with E-state index in [1.165, 1.54) is 0 Å². The second-order valence-corrected chi connectivity index (χ2v) is 7.01. The minimum absolute atomic E-state index is 0.233. The van der Waals surface area contributed by atoms with E-state index in [9.17, 15) is 8.42 Å². The fourth-order valence-electron chi connectivity index (χ4n) is 2.77. The summed E-state index contributed by atoms with van der Waals surface area (Å²) in [6.45, 7) is 1.83. The van der Waals surface area contributed by atoms with Crippen molar-refractivity contribution < 1.29 is 8.42 Å². The van der Waals surface area contributed by atoms with Gasteiger partial charge in [-0.15, -0.1) is 0 Å². The third-order valence-electron chi connectivity index (χ3n) is 3.67. The molecule has 0 aromatic carbocycles. The van der Waals surface area contributed by atoms with Crippen molar-refractivity contribution in [2.75, 3.05) is 27.2 Å². The van der Waals surface area contributed by atoms with Gasteiger partial charge >= 0.3 is 0 Å². The van der Waals surface area contributed by atoms with Crippen molar-refractivity contribution in [1.29, 1.82) is 0 Å². The van der Waals surface area contributed by atoms with Gasteiger partial charge in [-0.1, -0.05) is 0 Å². The van der Waals surface area contributed by atoms with Crippen LogP contribution in [0.1, 0.15) is 25.7 Å². The second kappa shape index (κ2) is 4.03. The van der Waals surface area contributed by atoms with Crippen molar-refractivity contribution in [3.05, 3.63) is 0 Å². The van der Waals surface area contributed by atoms with Crippen LogP contribution in [0.4, 0.5) is 0 Å². The molecule has 0 spiro atoms. The third-order valence-corrected chi connectivity index (χ3v) is 6.37. The highest BCUT2D eigenvalue weighted by Crippen LogP contribution is 2.29. The Balaban J connectivity index is 2.18. The molecule has 4 nitrogen and oxygen atoms in total. The minimum atomic E-state index is -2.98. The SMILES string of the molecule is CN1CCCC1S(=O)(=O)C1CCCN1C. The summed E-state index contributed by atoms with van der Waals surface area (Å²) in [7, 11) is 0.857. The summed E-state index contributed by atoms with van der Waals surface area (Å²) in [5.41, 5.74) is 0. The molecule has 2 fully saturated rings. The van der Waals surface area contributed by atoms with E-state index >= 15 is 0 Å². The lowest BCUT2D eigenvalue weighted by Crippen LogP contribution is -2.43. The first-order chi connectivity index (χ1) is 7.03. The van der Waals surface area contributed by atoms with Crippen LogP contribution in [-0.2, 0) is 9.84 Å². The van der Waals surface area contributed by atoms with Crippen LogP contribution >= 0.6 is 0 Å². The van der Waals surface area contributed by atoms with Crippen LogP contribution in [0.2, 0.25) is 0 Å². The molecule has 0 aromatic heterocycles. The molecule has 88 valence electrons. The zero-order valence-electron chi connectivity index (χ0n) is 9.52. The van der Waals surface area contributed by atoms with Crippen LogP contribution < -0.4 is 0 Å². The van der Waals surface area contributed by atoms with Gasteiger partial charge in [0.05, 0.1) is 0 Å². The molecule has 0 amide bonds. The number of sulfone groups is 1. The van der Waals surface area contributed by atoms with Gasteiger partial charge in [0.15, 0.2) is 9.84 Å². The number of likely N-dealkylation sites (tertiary alicyclic amines) is 2. The van der Waals surface area contributed by atoms with Gasteiger partial charge in [0.25, 0.3) is 0 Å². The van der Waals surface area contributed by atoms with Crippen LogP contribution in [-0.4, -0.2) is 56.2 Å². The van der Waals surface area contributed by atoms with E-state index in [4.69, 9.17) is 0 Å². The largest absolute Gasteiger partial charge is 0.290 e. The molecule has 0 N–H and O–H groups in total. The fraction of sp³-hybridized carbons (Fsp3) is 1.00. The number of rotatable bonds is 2. The Kier molecular flexibility index (Phi) is 3.05. The topological polar surface area (TPSA) is 40.6 Å². The molecule has 0 aromatic rings. The van der Waals surface area contributed by atoms with Gasteiger partial charge in [-0.3, -0.25) is 9.80 Å². The molecule has 0 aliphatic carbocycles. The van der Waals surface area contributed by atoms with E-state index in [0.717, 1.165) is 38.8 Å². The first kappa shape index (κ1) is 11.4. The number of hydrogen-bond donors (Lipinski definition) is 0. The van der Waals surface area contributed by atoms with Gasteiger partial charge < -0.3 is 0 Å². The summed E-state index contributed by atoms with van der Waals surface area (Å²) in [5, 5.41) is -0.467. The lowest BCUT2D eigenvalue weighted by molar-refractivity contribution is 0.339. The highest BCUT2D eigenvalue weighted by Gasteiger charge is 2.42. The number of hydrogen-bond acceptors (Lipinski definition) is 4. The van der Waals surface area contributed by atoms with E-state index in [1.807, 2.05) is 23.9 Å². The van der Waals surface area contributed by atoms with E-state index in [-0.39, 0.29) is 10.7 Å². The van der Waals surface area contributed by atoms with E-state index in [0.29, 0.717) is 0 Å². The van der Waals surface area contributed by atoms with Gasteiger partial charge in [0.2, 0.25) is 0 Å². The number of nitrogens with zero attached hydrogens (tertiary/aromatic N) is 2. The van der Waals surface area contributed by atoms with Crippen LogP contribution in [0.15, 0.2) is 0 Å². The molecule has 2 atom stereocenters. The smallest absolute Gasteiger partial charge is 0.182 e. The van der Waals surface area contributed by atoms with Gasteiger partial charge in [0, 0.05) is 0 Å². The molecule has 15 heavy (non-hydrogen) atoms. The Hall–Kier alpha value is -0.130. The Morgan fingerprint density at radius 3 is 1.60 bits per heavy atom. The molecule has 0 bridgehead atoms. The molecule has 0 radical (unpaired) electrons. The fourth-order valence-corrected chi connectivity index (χ4v) is 5.34. The van der Waals surface area contributed by atoms with E-state index in [2.05, 4.69) is 0 Å². The lowest BCUT2D eigenvalue weighted by Gasteiger charge is -2.27. The second-order valence-electron chi connectivity index (χ2n) is 4.74. The maximum Gasteiger partial charge on any atom is 0.182 e. The average Bonchev–Trinajstić information content (AvgIpc) is 2.73. The summed E-state index contributed by atoms with van der Waals surface area (Å²) in [6, 6.07) is 0. The minimum Gasteiger partial charge on any atom is -0.290 e. The zero-order valence-corrected chi connectivity index (χ0v) is 10.3. The molecule has 2 heterocycles. The van der Waals surface area contributed by atoms with Gasteiger partial charge in [0.1, 0.15) is 10.7 Å². The Labute approximate surface area is 92.2 Å². The first-order valence-corrected chi connectivity index (χ1v) is 7.27. The molecule has 2 aliphatic heterocycles. The molecule has 2 unspecified atom stereocenters. The summed E-state index contributed by atoms with van der Waals surface area (Å²) in [5.74, 6) is 0. The van der Waals surface area contributed by atoms with Gasteiger partial charge in [-0.2, -0.15) is 0 Å². The Morgan fingerprint density at radius 1 is 0.933 bits per heavy atom. The van der Waals surface area contributed by atoms with E-state index in [1.54, 1.807) is 0 Å².